The maximum absolute atomic E-state index is 10.8. The molecule has 2 rings (SSSR count). The second kappa shape index (κ2) is 6.55. The van der Waals surface area contributed by atoms with Crippen LogP contribution in [-0.2, 0) is 0 Å². The largest absolute Gasteiger partial charge is 0.477 e. The van der Waals surface area contributed by atoms with Crippen LogP contribution >= 0.6 is 0 Å². The second-order valence-electron chi connectivity index (χ2n) is 5.28. The van der Waals surface area contributed by atoms with Gasteiger partial charge in [-0.05, 0) is 37.3 Å². The van der Waals surface area contributed by atoms with E-state index in [0.717, 1.165) is 24.7 Å². The van der Waals surface area contributed by atoms with Gasteiger partial charge in [0.2, 0.25) is 0 Å². The zero-order valence-corrected chi connectivity index (χ0v) is 11.5. The molecule has 0 spiro atoms. The molecule has 0 radical (unpaired) electrons. The highest BCUT2D eigenvalue weighted by molar-refractivity contribution is 5.85. The van der Waals surface area contributed by atoms with Crippen LogP contribution in [0.15, 0.2) is 18.3 Å². The number of pyridine rings is 1. The minimum absolute atomic E-state index is 0.113. The van der Waals surface area contributed by atoms with Crippen LogP contribution in [0.3, 0.4) is 0 Å². The third-order valence-corrected chi connectivity index (χ3v) is 3.88. The zero-order valence-electron chi connectivity index (χ0n) is 11.5. The molecule has 4 nitrogen and oxygen atoms in total. The lowest BCUT2D eigenvalue weighted by atomic mass is 9.96. The summed E-state index contributed by atoms with van der Waals surface area (Å²) in [6.45, 7) is 4.35. The summed E-state index contributed by atoms with van der Waals surface area (Å²) in [6.07, 6.45) is 8.03. The van der Waals surface area contributed by atoms with E-state index in [2.05, 4.69) is 16.8 Å². The number of hydrogen-bond acceptors (Lipinski definition) is 3. The number of aromatic carboxylic acids is 1. The van der Waals surface area contributed by atoms with Crippen molar-refractivity contribution < 1.29 is 9.90 Å². The minimum atomic E-state index is -0.967. The highest BCUT2D eigenvalue weighted by Gasteiger charge is 2.17. The predicted octanol–water partition coefficient (Wildman–Crippen LogP) is 3.19. The number of rotatable bonds is 4. The summed E-state index contributed by atoms with van der Waals surface area (Å²) in [5.74, 6) is -0.119. The normalized spacial score (nSPS) is 20.1. The molecule has 0 aliphatic carbocycles. The molecule has 1 unspecified atom stereocenters. The van der Waals surface area contributed by atoms with Crippen LogP contribution < -0.4 is 4.90 Å². The molecule has 1 atom stereocenters. The van der Waals surface area contributed by atoms with Gasteiger partial charge in [0.05, 0.1) is 11.9 Å². The fourth-order valence-electron chi connectivity index (χ4n) is 2.82. The molecule has 1 aliphatic heterocycles. The van der Waals surface area contributed by atoms with E-state index in [-0.39, 0.29) is 5.69 Å². The fraction of sp³-hybridized carbons (Fsp3) is 0.600. The standard InChI is InChI=1S/C15H22N2O2/c1-2-4-12-5-3-9-17(10-8-12)13-6-7-14(15(18)19)16-11-13/h6-7,11-12H,2-5,8-10H2,1H3,(H,18,19). The molecule has 0 amide bonds. The Balaban J connectivity index is 1.99. The van der Waals surface area contributed by atoms with Crippen LogP contribution in [0, 0.1) is 5.92 Å². The van der Waals surface area contributed by atoms with Gasteiger partial charge in [-0.1, -0.05) is 19.8 Å². The Labute approximate surface area is 114 Å². The van der Waals surface area contributed by atoms with Gasteiger partial charge in [-0.3, -0.25) is 0 Å². The lowest BCUT2D eigenvalue weighted by Crippen LogP contribution is -2.24. The summed E-state index contributed by atoms with van der Waals surface area (Å²) in [6, 6.07) is 3.46. The first-order valence-corrected chi connectivity index (χ1v) is 7.15. The molecule has 1 N–H and O–H groups in total. The predicted molar refractivity (Wildman–Crippen MR) is 75.7 cm³/mol. The van der Waals surface area contributed by atoms with E-state index in [4.69, 9.17) is 5.11 Å². The number of carboxylic acids is 1. The van der Waals surface area contributed by atoms with Crippen molar-refractivity contribution in [3.63, 3.8) is 0 Å². The first kappa shape index (κ1) is 13.8. The molecule has 0 aromatic carbocycles. The van der Waals surface area contributed by atoms with E-state index in [1.54, 1.807) is 12.3 Å². The molecule has 0 bridgehead atoms. The summed E-state index contributed by atoms with van der Waals surface area (Å²) < 4.78 is 0. The quantitative estimate of drug-likeness (QED) is 0.905. The Morgan fingerprint density at radius 1 is 1.42 bits per heavy atom. The van der Waals surface area contributed by atoms with Crippen LogP contribution in [0.4, 0.5) is 5.69 Å². The molecular formula is C15H22N2O2. The van der Waals surface area contributed by atoms with Gasteiger partial charge >= 0.3 is 5.97 Å². The molecular weight excluding hydrogens is 240 g/mol. The molecule has 104 valence electrons. The van der Waals surface area contributed by atoms with E-state index in [1.807, 2.05) is 6.07 Å². The van der Waals surface area contributed by atoms with Crippen LogP contribution in [0.1, 0.15) is 49.5 Å². The fourth-order valence-corrected chi connectivity index (χ4v) is 2.82. The monoisotopic (exact) mass is 262 g/mol. The highest BCUT2D eigenvalue weighted by Crippen LogP contribution is 2.25. The van der Waals surface area contributed by atoms with Gasteiger partial charge in [-0.25, -0.2) is 9.78 Å². The summed E-state index contributed by atoms with van der Waals surface area (Å²) >= 11 is 0. The molecule has 19 heavy (non-hydrogen) atoms. The zero-order chi connectivity index (χ0) is 13.7. The van der Waals surface area contributed by atoms with Gasteiger partial charge in [0, 0.05) is 13.1 Å². The Kier molecular flexibility index (Phi) is 4.77. The molecule has 1 aromatic heterocycles. The van der Waals surface area contributed by atoms with Crippen molar-refractivity contribution >= 4 is 11.7 Å². The first-order chi connectivity index (χ1) is 9.20. The first-order valence-electron chi connectivity index (χ1n) is 7.15. The summed E-state index contributed by atoms with van der Waals surface area (Å²) in [5, 5.41) is 8.85. The van der Waals surface area contributed by atoms with Crippen molar-refractivity contribution in [1.29, 1.82) is 0 Å². The van der Waals surface area contributed by atoms with E-state index >= 15 is 0 Å². The molecule has 1 aliphatic rings. The smallest absolute Gasteiger partial charge is 0.354 e. The van der Waals surface area contributed by atoms with Crippen LogP contribution in [0.25, 0.3) is 0 Å². The SMILES string of the molecule is CCCC1CCCN(c2ccc(C(=O)O)nc2)CC1. The summed E-state index contributed by atoms with van der Waals surface area (Å²) in [7, 11) is 0. The average molecular weight is 262 g/mol. The van der Waals surface area contributed by atoms with E-state index in [0.29, 0.717) is 0 Å². The van der Waals surface area contributed by atoms with Crippen molar-refractivity contribution in [3.8, 4) is 0 Å². The molecule has 4 heteroatoms. The number of carbonyl (C=O) groups is 1. The van der Waals surface area contributed by atoms with Crippen LogP contribution in [-0.4, -0.2) is 29.1 Å². The Morgan fingerprint density at radius 2 is 2.26 bits per heavy atom. The third-order valence-electron chi connectivity index (χ3n) is 3.88. The number of nitrogens with zero attached hydrogens (tertiary/aromatic N) is 2. The average Bonchev–Trinajstić information content (AvgIpc) is 2.65. The van der Waals surface area contributed by atoms with E-state index in [1.165, 1.54) is 32.1 Å². The van der Waals surface area contributed by atoms with Crippen molar-refractivity contribution in [2.75, 3.05) is 18.0 Å². The topological polar surface area (TPSA) is 53.4 Å². The highest BCUT2D eigenvalue weighted by atomic mass is 16.4. The second-order valence-corrected chi connectivity index (χ2v) is 5.28. The van der Waals surface area contributed by atoms with Crippen molar-refractivity contribution in [2.45, 2.75) is 39.0 Å². The lowest BCUT2D eigenvalue weighted by Gasteiger charge is -2.22. The number of aromatic nitrogens is 1. The summed E-state index contributed by atoms with van der Waals surface area (Å²) in [5.41, 5.74) is 1.16. The Hall–Kier alpha value is -1.58. The number of carboxylic acid groups (broad SMARTS) is 1. The number of hydrogen-bond donors (Lipinski definition) is 1. The summed E-state index contributed by atoms with van der Waals surface area (Å²) in [4.78, 5) is 17.1. The van der Waals surface area contributed by atoms with Gasteiger partial charge in [-0.15, -0.1) is 0 Å². The van der Waals surface area contributed by atoms with Crippen LogP contribution in [0.2, 0.25) is 0 Å². The minimum Gasteiger partial charge on any atom is -0.477 e. The molecule has 1 aromatic rings. The van der Waals surface area contributed by atoms with Gasteiger partial charge < -0.3 is 10.0 Å². The van der Waals surface area contributed by atoms with Crippen molar-refractivity contribution in [2.24, 2.45) is 5.92 Å². The van der Waals surface area contributed by atoms with Gasteiger partial charge in [0.1, 0.15) is 5.69 Å². The van der Waals surface area contributed by atoms with Crippen LogP contribution in [0.5, 0.6) is 0 Å². The lowest BCUT2D eigenvalue weighted by molar-refractivity contribution is 0.0690. The Bertz CT molecular complexity index is 417. The third kappa shape index (κ3) is 3.69. The van der Waals surface area contributed by atoms with Gasteiger partial charge in [0.25, 0.3) is 0 Å². The maximum Gasteiger partial charge on any atom is 0.354 e. The number of anilines is 1. The molecule has 2 heterocycles. The van der Waals surface area contributed by atoms with E-state index < -0.39 is 5.97 Å². The Morgan fingerprint density at radius 3 is 2.89 bits per heavy atom. The molecule has 0 saturated carbocycles. The molecule has 1 fully saturated rings. The van der Waals surface area contributed by atoms with E-state index in [9.17, 15) is 4.79 Å². The van der Waals surface area contributed by atoms with Crippen molar-refractivity contribution in [3.05, 3.63) is 24.0 Å². The maximum atomic E-state index is 10.8. The van der Waals surface area contributed by atoms with Gasteiger partial charge in [-0.2, -0.15) is 0 Å². The van der Waals surface area contributed by atoms with Gasteiger partial charge in [0.15, 0.2) is 0 Å². The molecule has 1 saturated heterocycles. The van der Waals surface area contributed by atoms with Crippen molar-refractivity contribution in [1.82, 2.24) is 4.98 Å².